The van der Waals surface area contributed by atoms with Crippen LogP contribution in [0.3, 0.4) is 0 Å². The van der Waals surface area contributed by atoms with Crippen LogP contribution in [-0.2, 0) is 4.79 Å². The van der Waals surface area contributed by atoms with Gasteiger partial charge in [-0.1, -0.05) is 13.3 Å². The largest absolute Gasteiger partial charge is 0.357 e. The predicted octanol–water partition coefficient (Wildman–Crippen LogP) is 1.75. The molecule has 19 heavy (non-hydrogen) atoms. The molecule has 1 aliphatic heterocycles. The average molecular weight is 262 g/mol. The highest BCUT2D eigenvalue weighted by molar-refractivity contribution is 5.94. The van der Waals surface area contributed by atoms with Crippen LogP contribution in [0.2, 0.25) is 0 Å². The molecule has 0 aliphatic carbocycles. The second-order valence-electron chi connectivity index (χ2n) is 4.98. The number of hydrogen-bond donors (Lipinski definition) is 2. The quantitative estimate of drug-likeness (QED) is 0.848. The van der Waals surface area contributed by atoms with Gasteiger partial charge in [0.15, 0.2) is 0 Å². The molecule has 1 atom stereocenters. The summed E-state index contributed by atoms with van der Waals surface area (Å²) < 4.78 is 0. The Morgan fingerprint density at radius 1 is 1.47 bits per heavy atom. The first-order valence-corrected chi connectivity index (χ1v) is 6.98. The Kier molecular flexibility index (Phi) is 4.74. The molecule has 5 heteroatoms. The molecular weight excluding hydrogens is 240 g/mol. The van der Waals surface area contributed by atoms with Crippen LogP contribution in [0, 0.1) is 0 Å². The third kappa shape index (κ3) is 3.67. The second-order valence-corrected chi connectivity index (χ2v) is 4.98. The number of amides is 1. The molecule has 0 aromatic carbocycles. The number of aromatic nitrogens is 1. The van der Waals surface area contributed by atoms with E-state index < -0.39 is 6.04 Å². The third-order valence-electron chi connectivity index (χ3n) is 3.38. The van der Waals surface area contributed by atoms with Crippen molar-refractivity contribution >= 4 is 17.4 Å². The Morgan fingerprint density at radius 2 is 2.21 bits per heavy atom. The van der Waals surface area contributed by atoms with Gasteiger partial charge in [-0.15, -0.1) is 0 Å². The van der Waals surface area contributed by atoms with E-state index in [1.54, 1.807) is 6.20 Å². The maximum atomic E-state index is 11.8. The van der Waals surface area contributed by atoms with Crippen LogP contribution in [0.25, 0.3) is 0 Å². The fourth-order valence-electron chi connectivity index (χ4n) is 2.27. The van der Waals surface area contributed by atoms with Crippen molar-refractivity contribution in [3.63, 3.8) is 0 Å². The number of nitrogens with two attached hydrogens (primary N) is 1. The van der Waals surface area contributed by atoms with Gasteiger partial charge < -0.3 is 16.0 Å². The van der Waals surface area contributed by atoms with Gasteiger partial charge in [0.2, 0.25) is 5.91 Å². The lowest BCUT2D eigenvalue weighted by Gasteiger charge is -2.16. The molecule has 1 unspecified atom stereocenters. The zero-order valence-electron chi connectivity index (χ0n) is 11.4. The van der Waals surface area contributed by atoms with Crippen molar-refractivity contribution in [3.05, 3.63) is 18.3 Å². The minimum Gasteiger partial charge on any atom is -0.357 e. The van der Waals surface area contributed by atoms with Crippen LogP contribution in [0.5, 0.6) is 0 Å². The van der Waals surface area contributed by atoms with Gasteiger partial charge in [0.05, 0.1) is 17.9 Å². The molecule has 1 aromatic heterocycles. The molecule has 1 aliphatic rings. The molecule has 0 bridgehead atoms. The molecule has 3 N–H and O–H groups in total. The third-order valence-corrected chi connectivity index (χ3v) is 3.38. The Balaban J connectivity index is 1.92. The SMILES string of the molecule is CCCC(N)C(=O)Nc1ccc(N2CCCC2)nc1. The molecule has 0 saturated carbocycles. The monoisotopic (exact) mass is 262 g/mol. The average Bonchev–Trinajstić information content (AvgIpc) is 2.94. The number of nitrogens with one attached hydrogen (secondary N) is 1. The van der Waals surface area contributed by atoms with E-state index in [0.717, 1.165) is 25.3 Å². The van der Waals surface area contributed by atoms with E-state index in [1.807, 2.05) is 19.1 Å². The highest BCUT2D eigenvalue weighted by Gasteiger charge is 2.15. The number of anilines is 2. The number of nitrogens with zero attached hydrogens (tertiary/aromatic N) is 2. The van der Waals surface area contributed by atoms with Crippen molar-refractivity contribution in [2.75, 3.05) is 23.3 Å². The molecule has 1 aromatic rings. The number of rotatable bonds is 5. The van der Waals surface area contributed by atoms with Crippen molar-refractivity contribution in [1.29, 1.82) is 0 Å². The predicted molar refractivity (Wildman–Crippen MR) is 77.2 cm³/mol. The summed E-state index contributed by atoms with van der Waals surface area (Å²) in [6.07, 6.45) is 5.76. The van der Waals surface area contributed by atoms with Gasteiger partial charge in [0.25, 0.3) is 0 Å². The molecule has 1 amide bonds. The smallest absolute Gasteiger partial charge is 0.241 e. The highest BCUT2D eigenvalue weighted by atomic mass is 16.2. The Hall–Kier alpha value is -1.62. The van der Waals surface area contributed by atoms with Crippen molar-refractivity contribution in [3.8, 4) is 0 Å². The van der Waals surface area contributed by atoms with Crippen LogP contribution in [0.1, 0.15) is 32.6 Å². The number of hydrogen-bond acceptors (Lipinski definition) is 4. The maximum Gasteiger partial charge on any atom is 0.241 e. The van der Waals surface area contributed by atoms with Crippen LogP contribution in [-0.4, -0.2) is 30.0 Å². The number of carbonyl (C=O) groups excluding carboxylic acids is 1. The van der Waals surface area contributed by atoms with Crippen molar-refractivity contribution < 1.29 is 4.79 Å². The van der Waals surface area contributed by atoms with Crippen molar-refractivity contribution in [2.24, 2.45) is 5.73 Å². The van der Waals surface area contributed by atoms with Crippen LogP contribution in [0.15, 0.2) is 18.3 Å². The van der Waals surface area contributed by atoms with Crippen LogP contribution >= 0.6 is 0 Å². The summed E-state index contributed by atoms with van der Waals surface area (Å²) in [4.78, 5) is 18.4. The summed E-state index contributed by atoms with van der Waals surface area (Å²) in [7, 11) is 0. The van der Waals surface area contributed by atoms with E-state index in [-0.39, 0.29) is 5.91 Å². The van der Waals surface area contributed by atoms with Crippen LogP contribution in [0.4, 0.5) is 11.5 Å². The molecule has 0 spiro atoms. The fraction of sp³-hybridized carbons (Fsp3) is 0.571. The van der Waals surface area contributed by atoms with Gasteiger partial charge in [0, 0.05) is 13.1 Å². The molecule has 104 valence electrons. The van der Waals surface area contributed by atoms with Gasteiger partial charge in [0.1, 0.15) is 5.82 Å². The number of carbonyl (C=O) groups is 1. The van der Waals surface area contributed by atoms with E-state index in [0.29, 0.717) is 12.1 Å². The van der Waals surface area contributed by atoms with Gasteiger partial charge in [-0.25, -0.2) is 4.98 Å². The molecule has 1 fully saturated rings. The van der Waals surface area contributed by atoms with Gasteiger partial charge in [-0.2, -0.15) is 0 Å². The summed E-state index contributed by atoms with van der Waals surface area (Å²) in [6, 6.07) is 3.40. The summed E-state index contributed by atoms with van der Waals surface area (Å²) in [6.45, 7) is 4.15. The Labute approximate surface area is 114 Å². The van der Waals surface area contributed by atoms with Gasteiger partial charge >= 0.3 is 0 Å². The summed E-state index contributed by atoms with van der Waals surface area (Å²) in [5.74, 6) is 0.839. The van der Waals surface area contributed by atoms with Gasteiger partial charge in [-0.3, -0.25) is 4.79 Å². The first kappa shape index (κ1) is 13.8. The second kappa shape index (κ2) is 6.52. The molecule has 5 nitrogen and oxygen atoms in total. The van der Waals surface area contributed by atoms with E-state index in [9.17, 15) is 4.79 Å². The Morgan fingerprint density at radius 3 is 2.79 bits per heavy atom. The van der Waals surface area contributed by atoms with E-state index in [2.05, 4.69) is 15.2 Å². The fourth-order valence-corrected chi connectivity index (χ4v) is 2.27. The first-order valence-electron chi connectivity index (χ1n) is 6.98. The van der Waals surface area contributed by atoms with E-state index >= 15 is 0 Å². The summed E-state index contributed by atoms with van der Waals surface area (Å²) >= 11 is 0. The minimum absolute atomic E-state index is 0.141. The molecule has 2 rings (SSSR count). The normalized spacial score (nSPS) is 16.4. The first-order chi connectivity index (χ1) is 9.20. The zero-order chi connectivity index (χ0) is 13.7. The lowest BCUT2D eigenvalue weighted by molar-refractivity contribution is -0.117. The van der Waals surface area contributed by atoms with Crippen molar-refractivity contribution in [1.82, 2.24) is 4.98 Å². The molecular formula is C14H22N4O. The molecule has 0 radical (unpaired) electrons. The van der Waals surface area contributed by atoms with E-state index in [4.69, 9.17) is 5.73 Å². The highest BCUT2D eigenvalue weighted by Crippen LogP contribution is 2.19. The zero-order valence-corrected chi connectivity index (χ0v) is 11.4. The number of pyridine rings is 1. The lowest BCUT2D eigenvalue weighted by Crippen LogP contribution is -2.35. The standard InChI is InChI=1S/C14H22N4O/c1-2-5-12(15)14(19)17-11-6-7-13(16-10-11)18-8-3-4-9-18/h6-7,10,12H,2-5,8-9,15H2,1H3,(H,17,19). The maximum absolute atomic E-state index is 11.8. The Bertz CT molecular complexity index is 412. The summed E-state index contributed by atoms with van der Waals surface area (Å²) in [5, 5.41) is 2.80. The lowest BCUT2D eigenvalue weighted by atomic mass is 10.1. The van der Waals surface area contributed by atoms with E-state index in [1.165, 1.54) is 12.8 Å². The van der Waals surface area contributed by atoms with Crippen LogP contribution < -0.4 is 16.0 Å². The minimum atomic E-state index is -0.441. The summed E-state index contributed by atoms with van der Waals surface area (Å²) in [5.41, 5.74) is 6.47. The topological polar surface area (TPSA) is 71.2 Å². The molecule has 1 saturated heterocycles. The van der Waals surface area contributed by atoms with Gasteiger partial charge in [-0.05, 0) is 31.4 Å². The molecule has 2 heterocycles. The van der Waals surface area contributed by atoms with Crippen molar-refractivity contribution in [2.45, 2.75) is 38.6 Å².